The minimum Gasteiger partial charge on any atom is -0.485 e. The standard InChI is InChI=1S/C19H17ClF3N3O4/c1-12-6-13(20)2-4-16(12)29-9-15-3-5-17(30-15)18(27)25-14-7-24-26(8-14)11-28-10-19(21,22)23/h2-8H,9-11H2,1H3,(H,25,27). The highest BCUT2D eigenvalue weighted by Crippen LogP contribution is 2.23. The van der Waals surface area contributed by atoms with Crippen molar-refractivity contribution in [3.63, 3.8) is 0 Å². The Labute approximate surface area is 174 Å². The lowest BCUT2D eigenvalue weighted by atomic mass is 10.2. The predicted molar refractivity (Wildman–Crippen MR) is 101 cm³/mol. The molecule has 2 aromatic heterocycles. The van der Waals surface area contributed by atoms with Gasteiger partial charge in [-0.3, -0.25) is 4.79 Å². The number of nitrogens with one attached hydrogen (secondary N) is 1. The Balaban J connectivity index is 1.51. The van der Waals surface area contributed by atoms with Crippen LogP contribution in [0.15, 0.2) is 47.1 Å². The van der Waals surface area contributed by atoms with Crippen LogP contribution >= 0.6 is 11.6 Å². The van der Waals surface area contributed by atoms with Gasteiger partial charge in [0.1, 0.15) is 31.5 Å². The van der Waals surface area contributed by atoms with E-state index in [1.807, 2.05) is 6.92 Å². The van der Waals surface area contributed by atoms with Gasteiger partial charge in [-0.15, -0.1) is 0 Å². The molecule has 0 spiro atoms. The number of nitrogens with zero attached hydrogens (tertiary/aromatic N) is 2. The lowest BCUT2D eigenvalue weighted by Crippen LogP contribution is -2.18. The Bertz CT molecular complexity index is 1020. The Morgan fingerprint density at radius 3 is 2.83 bits per heavy atom. The van der Waals surface area contributed by atoms with Crippen LogP contribution < -0.4 is 10.1 Å². The van der Waals surface area contributed by atoms with Crippen LogP contribution in [-0.4, -0.2) is 28.5 Å². The third kappa shape index (κ3) is 6.26. The molecule has 11 heteroatoms. The fourth-order valence-corrected chi connectivity index (χ4v) is 2.67. The summed E-state index contributed by atoms with van der Waals surface area (Å²) in [5.74, 6) is 0.579. The highest BCUT2D eigenvalue weighted by atomic mass is 35.5. The van der Waals surface area contributed by atoms with Crippen molar-refractivity contribution in [1.82, 2.24) is 9.78 Å². The molecule has 1 amide bonds. The number of rotatable bonds is 8. The van der Waals surface area contributed by atoms with E-state index in [1.54, 1.807) is 24.3 Å². The van der Waals surface area contributed by atoms with Crippen molar-refractivity contribution in [3.8, 4) is 5.75 Å². The van der Waals surface area contributed by atoms with Crippen molar-refractivity contribution in [1.29, 1.82) is 0 Å². The van der Waals surface area contributed by atoms with Gasteiger partial charge in [0, 0.05) is 5.02 Å². The van der Waals surface area contributed by atoms with Crippen molar-refractivity contribution in [2.45, 2.75) is 26.4 Å². The first-order chi connectivity index (χ1) is 14.2. The van der Waals surface area contributed by atoms with Gasteiger partial charge in [0.05, 0.1) is 18.1 Å². The first kappa shape index (κ1) is 21.7. The van der Waals surface area contributed by atoms with Gasteiger partial charge in [-0.05, 0) is 42.8 Å². The zero-order chi connectivity index (χ0) is 21.7. The SMILES string of the molecule is Cc1cc(Cl)ccc1OCc1ccc(C(=O)Nc2cnn(COCC(F)(F)F)c2)o1. The first-order valence-corrected chi connectivity index (χ1v) is 9.03. The maximum atomic E-state index is 12.3. The molecule has 0 unspecified atom stereocenters. The molecule has 0 aliphatic rings. The average Bonchev–Trinajstić information content (AvgIpc) is 3.29. The molecule has 7 nitrogen and oxygen atoms in total. The maximum Gasteiger partial charge on any atom is 0.411 e. The molecule has 0 saturated carbocycles. The van der Waals surface area contributed by atoms with E-state index in [0.717, 1.165) is 10.2 Å². The summed E-state index contributed by atoms with van der Waals surface area (Å²) in [6, 6.07) is 8.31. The van der Waals surface area contributed by atoms with Gasteiger partial charge in [0.25, 0.3) is 5.91 Å². The van der Waals surface area contributed by atoms with Gasteiger partial charge in [-0.25, -0.2) is 4.68 Å². The zero-order valence-corrected chi connectivity index (χ0v) is 16.5. The smallest absolute Gasteiger partial charge is 0.411 e. The Morgan fingerprint density at radius 1 is 1.30 bits per heavy atom. The largest absolute Gasteiger partial charge is 0.485 e. The van der Waals surface area contributed by atoms with E-state index < -0.39 is 25.4 Å². The first-order valence-electron chi connectivity index (χ1n) is 8.65. The second-order valence-corrected chi connectivity index (χ2v) is 6.72. The van der Waals surface area contributed by atoms with E-state index in [1.165, 1.54) is 18.5 Å². The van der Waals surface area contributed by atoms with Gasteiger partial charge in [0.2, 0.25) is 0 Å². The summed E-state index contributed by atoms with van der Waals surface area (Å²) < 4.78 is 53.0. The quantitative estimate of drug-likeness (QED) is 0.540. The number of aromatic nitrogens is 2. The number of carbonyl (C=O) groups excluding carboxylic acids is 1. The third-order valence-electron chi connectivity index (χ3n) is 3.77. The fraction of sp³-hybridized carbons (Fsp3) is 0.263. The van der Waals surface area contributed by atoms with Crippen LogP contribution in [0.5, 0.6) is 5.75 Å². The van der Waals surface area contributed by atoms with Gasteiger partial charge in [-0.2, -0.15) is 18.3 Å². The molecule has 1 N–H and O–H groups in total. The molecular formula is C19H17ClF3N3O4. The van der Waals surface area contributed by atoms with Crippen molar-refractivity contribution in [3.05, 3.63) is 64.8 Å². The number of furan rings is 1. The van der Waals surface area contributed by atoms with E-state index in [2.05, 4.69) is 15.2 Å². The fourth-order valence-electron chi connectivity index (χ4n) is 2.45. The van der Waals surface area contributed by atoms with Gasteiger partial charge in [0.15, 0.2) is 5.76 Å². The molecule has 0 fully saturated rings. The average molecular weight is 444 g/mol. The molecular weight excluding hydrogens is 427 g/mol. The number of aryl methyl sites for hydroxylation is 1. The minimum atomic E-state index is -4.42. The van der Waals surface area contributed by atoms with E-state index in [-0.39, 0.29) is 18.1 Å². The van der Waals surface area contributed by atoms with Crippen molar-refractivity contribution in [2.75, 3.05) is 11.9 Å². The molecule has 0 aliphatic heterocycles. The summed E-state index contributed by atoms with van der Waals surface area (Å²) in [7, 11) is 0. The highest BCUT2D eigenvalue weighted by Gasteiger charge is 2.27. The molecule has 0 aliphatic carbocycles. The van der Waals surface area contributed by atoms with E-state index >= 15 is 0 Å². The minimum absolute atomic E-state index is 0.0440. The van der Waals surface area contributed by atoms with E-state index in [9.17, 15) is 18.0 Å². The van der Waals surface area contributed by atoms with Gasteiger partial charge in [-0.1, -0.05) is 11.6 Å². The highest BCUT2D eigenvalue weighted by molar-refractivity contribution is 6.30. The molecule has 30 heavy (non-hydrogen) atoms. The molecule has 160 valence electrons. The molecule has 0 bridgehead atoms. The summed E-state index contributed by atoms with van der Waals surface area (Å²) in [5, 5.41) is 6.96. The van der Waals surface area contributed by atoms with Crippen LogP contribution in [0.2, 0.25) is 5.02 Å². The summed E-state index contributed by atoms with van der Waals surface area (Å²) in [6.45, 7) is 0.184. The second kappa shape index (κ2) is 9.23. The van der Waals surface area contributed by atoms with Crippen molar-refractivity contribution >= 4 is 23.2 Å². The number of carbonyl (C=O) groups is 1. The summed E-state index contributed by atoms with van der Waals surface area (Å²) in [4.78, 5) is 12.3. The van der Waals surface area contributed by atoms with Crippen molar-refractivity contribution < 1.29 is 31.9 Å². The normalized spacial score (nSPS) is 11.5. The van der Waals surface area contributed by atoms with Crippen molar-refractivity contribution in [2.24, 2.45) is 0 Å². The molecule has 3 rings (SSSR count). The Hall–Kier alpha value is -2.98. The summed E-state index contributed by atoms with van der Waals surface area (Å²) in [5.41, 5.74) is 1.14. The molecule has 0 atom stereocenters. The van der Waals surface area contributed by atoms with Gasteiger partial charge < -0.3 is 19.2 Å². The third-order valence-corrected chi connectivity index (χ3v) is 4.01. The molecule has 2 heterocycles. The maximum absolute atomic E-state index is 12.3. The number of amides is 1. The number of hydrogen-bond donors (Lipinski definition) is 1. The number of hydrogen-bond acceptors (Lipinski definition) is 5. The molecule has 3 aromatic rings. The van der Waals surface area contributed by atoms with Crippen LogP contribution in [0, 0.1) is 6.92 Å². The second-order valence-electron chi connectivity index (χ2n) is 6.28. The van der Waals surface area contributed by atoms with E-state index in [0.29, 0.717) is 16.5 Å². The van der Waals surface area contributed by atoms with Crippen LogP contribution in [0.3, 0.4) is 0 Å². The Kier molecular flexibility index (Phi) is 6.68. The number of alkyl halides is 3. The zero-order valence-electron chi connectivity index (χ0n) is 15.7. The van der Waals surface area contributed by atoms with Crippen LogP contribution in [-0.2, 0) is 18.1 Å². The number of anilines is 1. The molecule has 0 saturated heterocycles. The van der Waals surface area contributed by atoms with Gasteiger partial charge >= 0.3 is 6.18 Å². The predicted octanol–water partition coefficient (Wildman–Crippen LogP) is 4.81. The summed E-state index contributed by atoms with van der Waals surface area (Å²) >= 11 is 5.91. The summed E-state index contributed by atoms with van der Waals surface area (Å²) in [6.07, 6.45) is -1.80. The number of ether oxygens (including phenoxy) is 2. The molecule has 0 radical (unpaired) electrons. The van der Waals surface area contributed by atoms with Crippen LogP contribution in [0.4, 0.5) is 18.9 Å². The number of benzene rings is 1. The number of halogens is 4. The monoisotopic (exact) mass is 443 g/mol. The van der Waals surface area contributed by atoms with Crippen LogP contribution in [0.25, 0.3) is 0 Å². The Morgan fingerprint density at radius 2 is 2.10 bits per heavy atom. The lowest BCUT2D eigenvalue weighted by molar-refractivity contribution is -0.182. The topological polar surface area (TPSA) is 78.5 Å². The van der Waals surface area contributed by atoms with Crippen LogP contribution in [0.1, 0.15) is 21.9 Å². The lowest BCUT2D eigenvalue weighted by Gasteiger charge is -2.07. The molecule has 1 aromatic carbocycles. The van der Waals surface area contributed by atoms with E-state index in [4.69, 9.17) is 20.8 Å².